The maximum Gasteiger partial charge on any atom is 0.303 e. The Kier molecular flexibility index (Phi) is 8.74. The maximum absolute atomic E-state index is 15.5. The SMILES string of the molecule is COc1ccc2nccc(C(F)CC[C@@H]3CCN(CCCc4ccoc4)C[C@@H]3CCC(=O)O)c2c1. The molecule has 1 aromatic carbocycles. The molecule has 1 aliphatic heterocycles. The number of pyridine rings is 1. The molecule has 0 amide bonds. The third-order valence-electron chi connectivity index (χ3n) is 7.34. The number of carbonyl (C=O) groups is 1. The van der Waals surface area contributed by atoms with E-state index in [1.54, 1.807) is 31.9 Å². The second kappa shape index (κ2) is 12.2. The predicted molar refractivity (Wildman–Crippen MR) is 133 cm³/mol. The van der Waals surface area contributed by atoms with Crippen molar-refractivity contribution >= 4 is 16.9 Å². The number of aliphatic carboxylic acids is 1. The van der Waals surface area contributed by atoms with Crippen LogP contribution in [0.1, 0.15) is 55.8 Å². The van der Waals surface area contributed by atoms with E-state index in [1.807, 2.05) is 24.3 Å². The highest BCUT2D eigenvalue weighted by molar-refractivity contribution is 5.83. The summed E-state index contributed by atoms with van der Waals surface area (Å²) in [7, 11) is 1.60. The molecular formula is C28H35FN2O4. The molecule has 4 rings (SSSR count). The smallest absolute Gasteiger partial charge is 0.303 e. The van der Waals surface area contributed by atoms with Crippen molar-refractivity contribution < 1.29 is 23.4 Å². The molecule has 1 N–H and O–H groups in total. The van der Waals surface area contributed by atoms with E-state index in [9.17, 15) is 9.90 Å². The molecule has 6 nitrogen and oxygen atoms in total. The predicted octanol–water partition coefficient (Wildman–Crippen LogP) is 6.06. The minimum Gasteiger partial charge on any atom is -0.497 e. The number of halogens is 1. The number of benzene rings is 1. The Hall–Kier alpha value is -2.93. The summed E-state index contributed by atoms with van der Waals surface area (Å²) in [6.45, 7) is 2.85. The average molecular weight is 483 g/mol. The zero-order valence-corrected chi connectivity index (χ0v) is 20.4. The highest BCUT2D eigenvalue weighted by atomic mass is 19.1. The Labute approximate surface area is 206 Å². The summed E-state index contributed by atoms with van der Waals surface area (Å²) >= 11 is 0. The van der Waals surface area contributed by atoms with Gasteiger partial charge in [-0.1, -0.05) is 0 Å². The lowest BCUT2D eigenvalue weighted by Gasteiger charge is -2.39. The largest absolute Gasteiger partial charge is 0.497 e. The maximum atomic E-state index is 15.5. The van der Waals surface area contributed by atoms with Crippen molar-refractivity contribution in [2.24, 2.45) is 11.8 Å². The summed E-state index contributed by atoms with van der Waals surface area (Å²) < 4.78 is 26.0. The number of nitrogens with zero attached hydrogens (tertiary/aromatic N) is 2. The second-order valence-corrected chi connectivity index (χ2v) is 9.61. The molecule has 188 valence electrons. The van der Waals surface area contributed by atoms with Gasteiger partial charge in [-0.25, -0.2) is 4.39 Å². The minimum absolute atomic E-state index is 0.165. The highest BCUT2D eigenvalue weighted by Gasteiger charge is 2.30. The number of fused-ring (bicyclic) bond motifs is 1. The summed E-state index contributed by atoms with van der Waals surface area (Å²) in [6, 6.07) is 9.30. The van der Waals surface area contributed by atoms with Crippen LogP contribution in [-0.2, 0) is 11.2 Å². The fourth-order valence-electron chi connectivity index (χ4n) is 5.38. The Morgan fingerprint density at radius 1 is 1.29 bits per heavy atom. The summed E-state index contributed by atoms with van der Waals surface area (Å²) in [6.07, 6.45) is 9.03. The van der Waals surface area contributed by atoms with Gasteiger partial charge in [0.2, 0.25) is 0 Å². The second-order valence-electron chi connectivity index (χ2n) is 9.61. The van der Waals surface area contributed by atoms with E-state index >= 15 is 4.39 Å². The van der Waals surface area contributed by atoms with Crippen LogP contribution in [0.3, 0.4) is 0 Å². The van der Waals surface area contributed by atoms with Crippen molar-refractivity contribution in [2.75, 3.05) is 26.7 Å². The summed E-state index contributed by atoms with van der Waals surface area (Å²) in [5.41, 5.74) is 2.61. The molecule has 1 aliphatic rings. The first-order chi connectivity index (χ1) is 17.0. The molecule has 1 unspecified atom stereocenters. The van der Waals surface area contributed by atoms with E-state index in [0.717, 1.165) is 56.2 Å². The normalized spacial score (nSPS) is 19.6. The fraction of sp³-hybridized carbons (Fsp3) is 0.500. The number of carboxylic acid groups (broad SMARTS) is 1. The topological polar surface area (TPSA) is 75.8 Å². The van der Waals surface area contributed by atoms with Crippen LogP contribution in [0.25, 0.3) is 10.9 Å². The Morgan fingerprint density at radius 2 is 2.17 bits per heavy atom. The van der Waals surface area contributed by atoms with E-state index in [4.69, 9.17) is 9.15 Å². The number of furan rings is 1. The molecule has 1 fully saturated rings. The summed E-state index contributed by atoms with van der Waals surface area (Å²) in [4.78, 5) is 18.1. The minimum atomic E-state index is -1.10. The van der Waals surface area contributed by atoms with Crippen LogP contribution in [0.4, 0.5) is 4.39 Å². The molecule has 7 heteroatoms. The van der Waals surface area contributed by atoms with Gasteiger partial charge in [0.1, 0.15) is 11.9 Å². The van der Waals surface area contributed by atoms with Gasteiger partial charge in [-0.15, -0.1) is 0 Å². The number of alkyl halides is 1. The Balaban J connectivity index is 1.36. The molecule has 0 aliphatic carbocycles. The quantitative estimate of drug-likeness (QED) is 0.338. The lowest BCUT2D eigenvalue weighted by molar-refractivity contribution is -0.137. The number of aromatic nitrogens is 1. The van der Waals surface area contributed by atoms with Crippen molar-refractivity contribution in [1.82, 2.24) is 9.88 Å². The number of carboxylic acids is 1. The fourth-order valence-corrected chi connectivity index (χ4v) is 5.38. The molecule has 0 radical (unpaired) electrons. The number of aryl methyl sites for hydroxylation is 1. The lowest BCUT2D eigenvalue weighted by atomic mass is 9.79. The van der Waals surface area contributed by atoms with Crippen molar-refractivity contribution in [1.29, 1.82) is 0 Å². The number of likely N-dealkylation sites (tertiary alicyclic amines) is 1. The molecule has 3 aromatic rings. The molecule has 0 saturated carbocycles. The van der Waals surface area contributed by atoms with E-state index in [1.165, 1.54) is 5.56 Å². The number of rotatable bonds is 12. The first-order valence-electron chi connectivity index (χ1n) is 12.6. The van der Waals surface area contributed by atoms with E-state index in [2.05, 4.69) is 9.88 Å². The molecule has 1 saturated heterocycles. The summed E-state index contributed by atoms with van der Waals surface area (Å²) in [5.74, 6) is 0.532. The molecule has 3 heterocycles. The van der Waals surface area contributed by atoms with E-state index < -0.39 is 12.1 Å². The van der Waals surface area contributed by atoms with Gasteiger partial charge < -0.3 is 19.2 Å². The zero-order valence-electron chi connectivity index (χ0n) is 20.4. The van der Waals surface area contributed by atoms with Crippen molar-refractivity contribution in [3.8, 4) is 5.75 Å². The van der Waals surface area contributed by atoms with Crippen LogP contribution in [0.5, 0.6) is 5.75 Å². The molecule has 2 aromatic heterocycles. The Bertz CT molecular complexity index is 1090. The summed E-state index contributed by atoms with van der Waals surface area (Å²) in [5, 5.41) is 10.0. The van der Waals surface area contributed by atoms with Crippen LogP contribution in [-0.4, -0.2) is 47.7 Å². The first kappa shape index (κ1) is 25.2. The number of hydrogen-bond acceptors (Lipinski definition) is 5. The third-order valence-corrected chi connectivity index (χ3v) is 7.34. The number of methoxy groups -OCH3 is 1. The number of piperidine rings is 1. The molecular weight excluding hydrogens is 447 g/mol. The van der Waals surface area contributed by atoms with Crippen molar-refractivity contribution in [3.63, 3.8) is 0 Å². The van der Waals surface area contributed by atoms with E-state index in [-0.39, 0.29) is 12.3 Å². The van der Waals surface area contributed by atoms with E-state index in [0.29, 0.717) is 30.1 Å². The van der Waals surface area contributed by atoms with Gasteiger partial charge in [-0.2, -0.15) is 0 Å². The standard InChI is InChI=1S/C28H35FN2O4/c1-34-23-6-8-27-25(17-23)24(10-13-30-27)26(29)7-4-21-11-15-31(18-22(21)5-9-28(32)33)14-2-3-20-12-16-35-19-20/h6,8,10,12-13,16-17,19,21-22,26H,2-5,7,9,11,14-15,18H2,1H3,(H,32,33)/t21-,22+,26?/m1/s1. The zero-order chi connectivity index (χ0) is 24.6. The van der Waals surface area contributed by atoms with Crippen LogP contribution in [0.15, 0.2) is 53.5 Å². The first-order valence-corrected chi connectivity index (χ1v) is 12.6. The number of ether oxygens (including phenoxy) is 1. The third kappa shape index (κ3) is 6.82. The van der Waals surface area contributed by atoms with Gasteiger partial charge in [0.15, 0.2) is 0 Å². The molecule has 0 bridgehead atoms. The molecule has 3 atom stereocenters. The van der Waals surface area contributed by atoms with Gasteiger partial charge in [0.25, 0.3) is 0 Å². The average Bonchev–Trinajstić information content (AvgIpc) is 3.39. The number of hydrogen-bond donors (Lipinski definition) is 1. The van der Waals surface area contributed by atoms with Crippen LogP contribution >= 0.6 is 0 Å². The van der Waals surface area contributed by atoms with Crippen LogP contribution in [0.2, 0.25) is 0 Å². The Morgan fingerprint density at radius 3 is 2.94 bits per heavy atom. The van der Waals surface area contributed by atoms with Crippen molar-refractivity contribution in [2.45, 2.75) is 51.1 Å². The van der Waals surface area contributed by atoms with Gasteiger partial charge >= 0.3 is 5.97 Å². The highest BCUT2D eigenvalue weighted by Crippen LogP contribution is 2.36. The van der Waals surface area contributed by atoms with Crippen LogP contribution < -0.4 is 4.74 Å². The monoisotopic (exact) mass is 482 g/mol. The van der Waals surface area contributed by atoms with Gasteiger partial charge in [-0.3, -0.25) is 9.78 Å². The van der Waals surface area contributed by atoms with Crippen molar-refractivity contribution in [3.05, 3.63) is 60.2 Å². The van der Waals surface area contributed by atoms with Crippen LogP contribution in [0, 0.1) is 11.8 Å². The van der Waals surface area contributed by atoms with Gasteiger partial charge in [-0.05, 0) is 105 Å². The molecule has 0 spiro atoms. The molecule has 35 heavy (non-hydrogen) atoms. The van der Waals surface area contributed by atoms with Gasteiger partial charge in [0.05, 0.1) is 25.2 Å². The van der Waals surface area contributed by atoms with Gasteiger partial charge in [0, 0.05) is 24.5 Å². The lowest BCUT2D eigenvalue weighted by Crippen LogP contribution is -2.41.